The van der Waals surface area contributed by atoms with Crippen LogP contribution in [-0.2, 0) is 0 Å². The minimum atomic E-state index is -0.196. The summed E-state index contributed by atoms with van der Waals surface area (Å²) in [6, 6.07) is 0. The summed E-state index contributed by atoms with van der Waals surface area (Å²) < 4.78 is 0. The van der Waals surface area contributed by atoms with Crippen molar-refractivity contribution in [1.82, 2.24) is 15.0 Å². The summed E-state index contributed by atoms with van der Waals surface area (Å²) in [5.74, 6) is 2.04. The fourth-order valence-electron chi connectivity index (χ4n) is 2.45. The van der Waals surface area contributed by atoms with Gasteiger partial charge < -0.3 is 20.2 Å². The van der Waals surface area contributed by atoms with E-state index in [0.717, 1.165) is 45.6 Å². The van der Waals surface area contributed by atoms with Crippen molar-refractivity contribution in [3.05, 3.63) is 0 Å². The number of nitrogens with zero attached hydrogens (tertiary/aromatic N) is 5. The van der Waals surface area contributed by atoms with Crippen molar-refractivity contribution in [3.63, 3.8) is 0 Å². The minimum Gasteiger partial charge on any atom is -0.393 e. The van der Waals surface area contributed by atoms with Crippen LogP contribution in [0.5, 0.6) is 0 Å². The molecule has 0 saturated carbocycles. The Morgan fingerprint density at radius 2 is 1.81 bits per heavy atom. The standard InChI is InChI=1S/C14H26N6O/c1-4-15-12-16-13(19(5-2)6-3)18-14(17-12)20-9-7-11(21)8-10-20/h11,21H,4-10H2,1-3H3,(H,15,16,17,18). The maximum Gasteiger partial charge on any atom is 0.231 e. The number of aromatic nitrogens is 3. The smallest absolute Gasteiger partial charge is 0.231 e. The molecule has 0 aromatic carbocycles. The zero-order valence-corrected chi connectivity index (χ0v) is 13.2. The Kier molecular flexibility index (Phi) is 5.55. The van der Waals surface area contributed by atoms with Gasteiger partial charge in [-0.1, -0.05) is 0 Å². The van der Waals surface area contributed by atoms with Crippen LogP contribution < -0.4 is 15.1 Å². The molecule has 0 bridgehead atoms. The molecular formula is C14H26N6O. The first kappa shape index (κ1) is 15.8. The van der Waals surface area contributed by atoms with Gasteiger partial charge in [0.15, 0.2) is 0 Å². The number of aliphatic hydroxyl groups excluding tert-OH is 1. The van der Waals surface area contributed by atoms with Crippen molar-refractivity contribution in [3.8, 4) is 0 Å². The van der Waals surface area contributed by atoms with Crippen molar-refractivity contribution < 1.29 is 5.11 Å². The Morgan fingerprint density at radius 1 is 1.14 bits per heavy atom. The van der Waals surface area contributed by atoms with Crippen LogP contribution in [0.1, 0.15) is 33.6 Å². The second kappa shape index (κ2) is 7.40. The highest BCUT2D eigenvalue weighted by Crippen LogP contribution is 2.20. The molecule has 7 nitrogen and oxygen atoms in total. The lowest BCUT2D eigenvalue weighted by atomic mass is 10.1. The second-order valence-corrected chi connectivity index (χ2v) is 5.18. The van der Waals surface area contributed by atoms with Crippen LogP contribution in [0.25, 0.3) is 0 Å². The van der Waals surface area contributed by atoms with Crippen LogP contribution in [-0.4, -0.2) is 58.9 Å². The highest BCUT2D eigenvalue weighted by molar-refractivity contribution is 5.45. The summed E-state index contributed by atoms with van der Waals surface area (Å²) in [6.45, 7) is 10.3. The molecule has 1 aromatic heterocycles. The normalized spacial score (nSPS) is 16.1. The van der Waals surface area contributed by atoms with Crippen LogP contribution in [0.4, 0.5) is 17.8 Å². The number of nitrogens with one attached hydrogen (secondary N) is 1. The first-order chi connectivity index (χ1) is 10.2. The molecule has 0 aliphatic carbocycles. The SMILES string of the molecule is CCNc1nc(N(CC)CC)nc(N2CCC(O)CC2)n1. The summed E-state index contributed by atoms with van der Waals surface area (Å²) in [7, 11) is 0. The van der Waals surface area contributed by atoms with Gasteiger partial charge in [-0.2, -0.15) is 15.0 Å². The quantitative estimate of drug-likeness (QED) is 0.813. The topological polar surface area (TPSA) is 77.4 Å². The average Bonchev–Trinajstić information content (AvgIpc) is 2.49. The first-order valence-electron chi connectivity index (χ1n) is 7.85. The van der Waals surface area contributed by atoms with Crippen LogP contribution in [0.3, 0.4) is 0 Å². The number of piperidine rings is 1. The molecule has 0 radical (unpaired) electrons. The highest BCUT2D eigenvalue weighted by atomic mass is 16.3. The Bertz CT molecular complexity index is 443. The lowest BCUT2D eigenvalue weighted by Crippen LogP contribution is -2.37. The highest BCUT2D eigenvalue weighted by Gasteiger charge is 2.21. The largest absolute Gasteiger partial charge is 0.393 e. The van der Waals surface area contributed by atoms with Crippen molar-refractivity contribution in [2.75, 3.05) is 47.8 Å². The average molecular weight is 294 g/mol. The van der Waals surface area contributed by atoms with Gasteiger partial charge in [0, 0.05) is 32.7 Å². The third-order valence-corrected chi connectivity index (χ3v) is 3.74. The number of hydrogen-bond donors (Lipinski definition) is 2. The molecule has 0 amide bonds. The van der Waals surface area contributed by atoms with Crippen LogP contribution in [0.15, 0.2) is 0 Å². The van der Waals surface area contributed by atoms with Crippen LogP contribution in [0, 0.1) is 0 Å². The van der Waals surface area contributed by atoms with Gasteiger partial charge in [0.25, 0.3) is 0 Å². The maximum absolute atomic E-state index is 9.63. The van der Waals surface area contributed by atoms with E-state index in [1.807, 2.05) is 6.92 Å². The molecule has 1 aliphatic rings. The molecule has 2 rings (SSSR count). The van der Waals surface area contributed by atoms with Crippen LogP contribution >= 0.6 is 0 Å². The number of rotatable bonds is 6. The molecule has 0 spiro atoms. The van der Waals surface area contributed by atoms with Gasteiger partial charge >= 0.3 is 0 Å². The van der Waals surface area contributed by atoms with Crippen molar-refractivity contribution in [2.45, 2.75) is 39.7 Å². The molecule has 1 fully saturated rings. The van der Waals surface area contributed by atoms with E-state index in [1.165, 1.54) is 0 Å². The molecule has 1 saturated heterocycles. The molecule has 0 unspecified atom stereocenters. The van der Waals surface area contributed by atoms with E-state index >= 15 is 0 Å². The monoisotopic (exact) mass is 294 g/mol. The van der Waals surface area contributed by atoms with Crippen molar-refractivity contribution in [2.24, 2.45) is 0 Å². The van der Waals surface area contributed by atoms with Crippen molar-refractivity contribution in [1.29, 1.82) is 0 Å². The fourth-order valence-corrected chi connectivity index (χ4v) is 2.45. The second-order valence-electron chi connectivity index (χ2n) is 5.18. The molecule has 118 valence electrons. The summed E-state index contributed by atoms with van der Waals surface area (Å²) in [4.78, 5) is 17.9. The molecule has 1 aliphatic heterocycles. The molecule has 2 N–H and O–H groups in total. The van der Waals surface area contributed by atoms with E-state index in [-0.39, 0.29) is 6.10 Å². The summed E-state index contributed by atoms with van der Waals surface area (Å²) in [5, 5.41) is 12.8. The van der Waals surface area contributed by atoms with Crippen molar-refractivity contribution >= 4 is 17.8 Å². The predicted octanol–water partition coefficient (Wildman–Crippen LogP) is 1.11. The molecular weight excluding hydrogens is 268 g/mol. The number of aliphatic hydroxyl groups is 1. The predicted molar refractivity (Wildman–Crippen MR) is 85.0 cm³/mol. The van der Waals surface area contributed by atoms with Gasteiger partial charge in [0.2, 0.25) is 17.8 Å². The minimum absolute atomic E-state index is 0.196. The summed E-state index contributed by atoms with van der Waals surface area (Å²) >= 11 is 0. The lowest BCUT2D eigenvalue weighted by Gasteiger charge is -2.30. The van der Waals surface area contributed by atoms with E-state index in [0.29, 0.717) is 17.8 Å². The zero-order chi connectivity index (χ0) is 15.2. The first-order valence-corrected chi connectivity index (χ1v) is 7.85. The van der Waals surface area contributed by atoms with Gasteiger partial charge in [-0.3, -0.25) is 0 Å². The maximum atomic E-state index is 9.63. The van der Waals surface area contributed by atoms with E-state index < -0.39 is 0 Å². The molecule has 7 heteroatoms. The Balaban J connectivity index is 2.26. The van der Waals surface area contributed by atoms with E-state index in [2.05, 4.69) is 43.9 Å². The third-order valence-electron chi connectivity index (χ3n) is 3.74. The summed E-state index contributed by atoms with van der Waals surface area (Å²) in [5.41, 5.74) is 0. The Morgan fingerprint density at radius 3 is 2.38 bits per heavy atom. The fraction of sp³-hybridized carbons (Fsp3) is 0.786. The number of anilines is 3. The third kappa shape index (κ3) is 3.93. The van der Waals surface area contributed by atoms with E-state index in [4.69, 9.17) is 0 Å². The number of hydrogen-bond acceptors (Lipinski definition) is 7. The Hall–Kier alpha value is -1.63. The molecule has 21 heavy (non-hydrogen) atoms. The van der Waals surface area contributed by atoms with E-state index in [1.54, 1.807) is 0 Å². The van der Waals surface area contributed by atoms with Gasteiger partial charge in [0.05, 0.1) is 6.10 Å². The van der Waals surface area contributed by atoms with Gasteiger partial charge in [-0.15, -0.1) is 0 Å². The zero-order valence-electron chi connectivity index (χ0n) is 13.2. The van der Waals surface area contributed by atoms with Gasteiger partial charge in [0.1, 0.15) is 0 Å². The lowest BCUT2D eigenvalue weighted by molar-refractivity contribution is 0.145. The van der Waals surface area contributed by atoms with E-state index in [9.17, 15) is 5.11 Å². The van der Waals surface area contributed by atoms with Gasteiger partial charge in [-0.05, 0) is 33.6 Å². The van der Waals surface area contributed by atoms with Gasteiger partial charge in [-0.25, -0.2) is 0 Å². The molecule has 0 atom stereocenters. The summed E-state index contributed by atoms with van der Waals surface area (Å²) in [6.07, 6.45) is 1.34. The Labute approximate surface area is 126 Å². The molecule has 1 aromatic rings. The molecule has 2 heterocycles. The van der Waals surface area contributed by atoms with Crippen LogP contribution in [0.2, 0.25) is 0 Å².